The summed E-state index contributed by atoms with van der Waals surface area (Å²) in [5, 5.41) is 0. The highest BCUT2D eigenvalue weighted by Gasteiger charge is 2.19. The van der Waals surface area contributed by atoms with E-state index in [1.54, 1.807) is 0 Å². The summed E-state index contributed by atoms with van der Waals surface area (Å²) >= 11 is 0. The molecule has 6 nitrogen and oxygen atoms in total. The highest BCUT2D eigenvalue weighted by atomic mass is 16.6. The van der Waals surface area contributed by atoms with Gasteiger partial charge < -0.3 is 14.2 Å². The number of carbonyl (C=O) groups excluding carboxylic acids is 3. The summed E-state index contributed by atoms with van der Waals surface area (Å²) in [6.07, 6.45) is 75.0. The molecule has 0 radical (unpaired) electrons. The Morgan fingerprint density at radius 3 is 0.871 bits per heavy atom. The monoisotopic (exact) mass is 977 g/mol. The molecular formula is C64H112O6. The van der Waals surface area contributed by atoms with Gasteiger partial charge in [-0.05, 0) is 70.6 Å². The number of esters is 3. The van der Waals surface area contributed by atoms with Crippen LogP contribution in [0.15, 0.2) is 72.9 Å². The van der Waals surface area contributed by atoms with Crippen molar-refractivity contribution >= 4 is 17.9 Å². The van der Waals surface area contributed by atoms with Crippen LogP contribution in [0.25, 0.3) is 0 Å². The van der Waals surface area contributed by atoms with Gasteiger partial charge in [-0.1, -0.05) is 280 Å². The summed E-state index contributed by atoms with van der Waals surface area (Å²) in [7, 11) is 0. The van der Waals surface area contributed by atoms with Crippen molar-refractivity contribution in [2.45, 2.75) is 303 Å². The standard InChI is InChI=1S/C64H112O6/c1-4-7-10-13-16-18-20-22-24-26-27-28-29-30-31-32-33-34-35-36-37-39-40-42-44-46-48-51-54-57-63(66)69-60-61(59-68-62(65)56-53-50-15-12-9-6-3)70-64(67)58-55-52-49-47-45-43-41-38-25-23-21-19-17-14-11-8-5-2/h7,10,16,18,22,24,27-28,30-31,33-34,61H,4-6,8-9,11-15,17,19-21,23,25-26,29,32,35-60H2,1-3H3/b10-7-,18-16-,24-22-,28-27-,31-30-,34-33-. The lowest BCUT2D eigenvalue weighted by molar-refractivity contribution is -0.167. The Balaban J connectivity index is 4.09. The van der Waals surface area contributed by atoms with Crippen molar-refractivity contribution in [3.63, 3.8) is 0 Å². The van der Waals surface area contributed by atoms with Crippen molar-refractivity contribution in [1.82, 2.24) is 0 Å². The number of rotatable bonds is 54. The molecule has 0 N–H and O–H groups in total. The summed E-state index contributed by atoms with van der Waals surface area (Å²) in [5.74, 6) is -0.876. The highest BCUT2D eigenvalue weighted by Crippen LogP contribution is 2.16. The molecule has 0 aliphatic rings. The van der Waals surface area contributed by atoms with E-state index < -0.39 is 6.10 Å². The maximum absolute atomic E-state index is 12.8. The molecule has 0 aromatic rings. The normalized spacial score (nSPS) is 12.6. The molecule has 0 spiro atoms. The molecule has 0 aliphatic heterocycles. The largest absolute Gasteiger partial charge is 0.462 e. The van der Waals surface area contributed by atoms with E-state index in [0.29, 0.717) is 19.3 Å². The zero-order chi connectivity index (χ0) is 50.7. The molecule has 70 heavy (non-hydrogen) atoms. The number of unbranched alkanes of at least 4 members (excludes halogenated alkanes) is 31. The van der Waals surface area contributed by atoms with Crippen molar-refractivity contribution < 1.29 is 28.6 Å². The van der Waals surface area contributed by atoms with Gasteiger partial charge in [-0.3, -0.25) is 14.4 Å². The SMILES string of the molecule is CC/C=C\C/C=C\C/C=C\C/C=C\C/C=C\C/C=C\CCCCCCCCCCCCC(=O)OCC(COC(=O)CCCCCCCC)OC(=O)CCCCCCCCCCCCCCCCCCC. The number of hydrogen-bond donors (Lipinski definition) is 0. The average Bonchev–Trinajstić information content (AvgIpc) is 3.36. The second kappa shape index (κ2) is 58.4. The van der Waals surface area contributed by atoms with E-state index >= 15 is 0 Å². The Hall–Kier alpha value is -3.15. The minimum absolute atomic E-state index is 0.0732. The van der Waals surface area contributed by atoms with Crippen molar-refractivity contribution in [1.29, 1.82) is 0 Å². The minimum Gasteiger partial charge on any atom is -0.462 e. The van der Waals surface area contributed by atoms with Crippen molar-refractivity contribution in [2.24, 2.45) is 0 Å². The average molecular weight is 978 g/mol. The van der Waals surface area contributed by atoms with Gasteiger partial charge in [0.15, 0.2) is 6.10 Å². The summed E-state index contributed by atoms with van der Waals surface area (Å²) in [6, 6.07) is 0. The van der Waals surface area contributed by atoms with E-state index in [0.717, 1.165) is 96.3 Å². The fourth-order valence-electron chi connectivity index (χ4n) is 8.51. The van der Waals surface area contributed by atoms with Crippen LogP contribution in [0, 0.1) is 0 Å². The Bertz CT molecular complexity index is 1310. The van der Waals surface area contributed by atoms with Crippen molar-refractivity contribution in [3.05, 3.63) is 72.9 Å². The van der Waals surface area contributed by atoms with E-state index in [9.17, 15) is 14.4 Å². The van der Waals surface area contributed by atoms with Gasteiger partial charge in [-0.25, -0.2) is 0 Å². The smallest absolute Gasteiger partial charge is 0.306 e. The lowest BCUT2D eigenvalue weighted by Crippen LogP contribution is -2.30. The summed E-state index contributed by atoms with van der Waals surface area (Å²) < 4.78 is 16.8. The third kappa shape index (κ3) is 55.8. The van der Waals surface area contributed by atoms with E-state index in [2.05, 4.69) is 93.7 Å². The second-order valence-corrected chi connectivity index (χ2v) is 19.9. The number of allylic oxidation sites excluding steroid dienone is 12. The van der Waals surface area contributed by atoms with Gasteiger partial charge >= 0.3 is 17.9 Å². The third-order valence-electron chi connectivity index (χ3n) is 13.0. The molecule has 0 heterocycles. The summed E-state index contributed by atoms with van der Waals surface area (Å²) in [4.78, 5) is 37.9. The highest BCUT2D eigenvalue weighted by molar-refractivity contribution is 5.71. The van der Waals surface area contributed by atoms with Crippen molar-refractivity contribution in [2.75, 3.05) is 13.2 Å². The third-order valence-corrected chi connectivity index (χ3v) is 13.0. The minimum atomic E-state index is -0.771. The predicted molar refractivity (Wildman–Crippen MR) is 302 cm³/mol. The maximum atomic E-state index is 12.8. The fourth-order valence-corrected chi connectivity index (χ4v) is 8.51. The van der Waals surface area contributed by atoms with E-state index in [-0.39, 0.29) is 31.1 Å². The quantitative estimate of drug-likeness (QED) is 0.0261. The zero-order valence-corrected chi connectivity index (χ0v) is 46.3. The van der Waals surface area contributed by atoms with Crippen molar-refractivity contribution in [3.8, 4) is 0 Å². The molecule has 0 aromatic heterocycles. The lowest BCUT2D eigenvalue weighted by Gasteiger charge is -2.18. The number of carbonyl (C=O) groups is 3. The zero-order valence-electron chi connectivity index (χ0n) is 46.3. The van der Waals surface area contributed by atoms with Crippen LogP contribution in [-0.4, -0.2) is 37.2 Å². The lowest BCUT2D eigenvalue weighted by atomic mass is 10.0. The molecule has 0 fully saturated rings. The fraction of sp³-hybridized carbons (Fsp3) is 0.766. The van der Waals surface area contributed by atoms with Crippen LogP contribution in [0.4, 0.5) is 0 Å². The topological polar surface area (TPSA) is 78.9 Å². The second-order valence-electron chi connectivity index (χ2n) is 19.9. The van der Waals surface area contributed by atoms with Gasteiger partial charge in [0.05, 0.1) is 0 Å². The van der Waals surface area contributed by atoms with Crippen LogP contribution < -0.4 is 0 Å². The first-order valence-electron chi connectivity index (χ1n) is 29.9. The predicted octanol–water partition coefficient (Wildman–Crippen LogP) is 20.2. The molecule has 0 saturated heterocycles. The van der Waals surface area contributed by atoms with Gasteiger partial charge in [0, 0.05) is 19.3 Å². The summed E-state index contributed by atoms with van der Waals surface area (Å²) in [5.41, 5.74) is 0. The Morgan fingerprint density at radius 1 is 0.300 bits per heavy atom. The van der Waals surface area contributed by atoms with Crippen LogP contribution in [0.1, 0.15) is 297 Å². The molecule has 0 amide bonds. The molecule has 0 rings (SSSR count). The van der Waals surface area contributed by atoms with Crippen LogP contribution in [0.2, 0.25) is 0 Å². The Morgan fingerprint density at radius 2 is 0.557 bits per heavy atom. The van der Waals surface area contributed by atoms with Crippen LogP contribution in [-0.2, 0) is 28.6 Å². The Labute approximate surface area is 433 Å². The van der Waals surface area contributed by atoms with Gasteiger partial charge in [0.1, 0.15) is 13.2 Å². The summed E-state index contributed by atoms with van der Waals surface area (Å²) in [6.45, 7) is 6.49. The van der Waals surface area contributed by atoms with E-state index in [1.807, 2.05) is 0 Å². The molecule has 0 saturated carbocycles. The van der Waals surface area contributed by atoms with E-state index in [1.165, 1.54) is 161 Å². The first-order chi connectivity index (χ1) is 34.5. The maximum Gasteiger partial charge on any atom is 0.306 e. The van der Waals surface area contributed by atoms with E-state index in [4.69, 9.17) is 14.2 Å². The van der Waals surface area contributed by atoms with Gasteiger partial charge in [0.2, 0.25) is 0 Å². The van der Waals surface area contributed by atoms with Crippen LogP contribution in [0.5, 0.6) is 0 Å². The molecule has 0 bridgehead atoms. The first-order valence-corrected chi connectivity index (χ1v) is 29.9. The number of hydrogen-bond acceptors (Lipinski definition) is 6. The molecule has 1 atom stereocenters. The molecule has 404 valence electrons. The molecule has 0 aliphatic carbocycles. The molecule has 1 unspecified atom stereocenters. The Kier molecular flexibility index (Phi) is 55.8. The van der Waals surface area contributed by atoms with Gasteiger partial charge in [0.25, 0.3) is 0 Å². The molecule has 0 aromatic carbocycles. The van der Waals surface area contributed by atoms with Gasteiger partial charge in [-0.15, -0.1) is 0 Å². The van der Waals surface area contributed by atoms with Gasteiger partial charge in [-0.2, -0.15) is 0 Å². The molecule has 6 heteroatoms. The molecular weight excluding hydrogens is 865 g/mol. The number of ether oxygens (including phenoxy) is 3. The van der Waals surface area contributed by atoms with Crippen LogP contribution in [0.3, 0.4) is 0 Å². The first kappa shape index (κ1) is 66.9. The van der Waals surface area contributed by atoms with Crippen LogP contribution >= 0.6 is 0 Å².